The monoisotopic (exact) mass is 184 g/mol. The first-order valence-electron chi connectivity index (χ1n) is 4.44. The van der Waals surface area contributed by atoms with Crippen molar-refractivity contribution in [1.82, 2.24) is 15.5 Å². The topological polar surface area (TPSA) is 54.2 Å². The van der Waals surface area contributed by atoms with Crippen molar-refractivity contribution >= 4 is 5.95 Å². The van der Waals surface area contributed by atoms with E-state index in [1.54, 1.807) is 0 Å². The maximum atomic E-state index is 5.01. The van der Waals surface area contributed by atoms with E-state index in [-0.39, 0.29) is 0 Å². The summed E-state index contributed by atoms with van der Waals surface area (Å²) in [5, 5.41) is 6.98. The van der Waals surface area contributed by atoms with Crippen molar-refractivity contribution < 1.29 is 4.52 Å². The fraction of sp³-hybridized carbons (Fsp3) is 0.750. The van der Waals surface area contributed by atoms with Crippen molar-refractivity contribution in [3.8, 4) is 0 Å². The van der Waals surface area contributed by atoms with Gasteiger partial charge in [-0.3, -0.25) is 0 Å². The molecule has 5 nitrogen and oxygen atoms in total. The fourth-order valence-corrected chi connectivity index (χ4v) is 0.871. The Hall–Kier alpha value is -1.10. The summed E-state index contributed by atoms with van der Waals surface area (Å²) < 4.78 is 5.01. The van der Waals surface area contributed by atoms with E-state index >= 15 is 0 Å². The fourth-order valence-electron chi connectivity index (χ4n) is 0.871. The summed E-state index contributed by atoms with van der Waals surface area (Å²) in [6, 6.07) is 0. The second kappa shape index (κ2) is 4.81. The van der Waals surface area contributed by atoms with Gasteiger partial charge in [0.15, 0.2) is 0 Å². The normalized spacial score (nSPS) is 10.4. The van der Waals surface area contributed by atoms with Gasteiger partial charge in [-0.25, -0.2) is 0 Å². The Labute approximate surface area is 78.1 Å². The smallest absolute Gasteiger partial charge is 0.265 e. The Morgan fingerprint density at radius 2 is 2.23 bits per heavy atom. The molecule has 5 heteroatoms. The summed E-state index contributed by atoms with van der Waals surface area (Å²) in [5.74, 6) is 1.26. The minimum Gasteiger partial charge on any atom is -0.344 e. The molecule has 0 aliphatic carbocycles. The van der Waals surface area contributed by atoms with Crippen LogP contribution in [0.15, 0.2) is 4.52 Å². The molecule has 74 valence electrons. The van der Waals surface area contributed by atoms with Crippen LogP contribution in [0.3, 0.4) is 0 Å². The minimum atomic E-state index is 0.619. The molecule has 0 unspecified atom stereocenters. The van der Waals surface area contributed by atoms with E-state index in [0.717, 1.165) is 13.0 Å². The van der Waals surface area contributed by atoms with Crippen LogP contribution in [0.4, 0.5) is 5.95 Å². The molecule has 0 spiro atoms. The van der Waals surface area contributed by atoms with Crippen LogP contribution >= 0.6 is 0 Å². The zero-order valence-electron chi connectivity index (χ0n) is 8.37. The summed E-state index contributed by atoms with van der Waals surface area (Å²) in [7, 11) is 3.77. The number of nitrogens with one attached hydrogen (secondary N) is 1. The van der Waals surface area contributed by atoms with Gasteiger partial charge in [0, 0.05) is 14.1 Å². The Morgan fingerprint density at radius 1 is 1.46 bits per heavy atom. The summed E-state index contributed by atoms with van der Waals surface area (Å²) >= 11 is 0. The first kappa shape index (κ1) is 9.98. The number of aromatic nitrogens is 2. The summed E-state index contributed by atoms with van der Waals surface area (Å²) in [6.45, 7) is 3.74. The van der Waals surface area contributed by atoms with Gasteiger partial charge in [-0.1, -0.05) is 6.92 Å². The first-order chi connectivity index (χ1) is 6.24. The van der Waals surface area contributed by atoms with E-state index < -0.39 is 0 Å². The average Bonchev–Trinajstić information content (AvgIpc) is 2.53. The van der Waals surface area contributed by atoms with E-state index in [1.165, 1.54) is 0 Å². The molecule has 0 atom stereocenters. The molecule has 1 aromatic rings. The Balaban J connectivity index is 2.40. The molecule has 0 bridgehead atoms. The van der Waals surface area contributed by atoms with E-state index in [2.05, 4.69) is 22.4 Å². The molecule has 0 amide bonds. The van der Waals surface area contributed by atoms with Gasteiger partial charge in [0.1, 0.15) is 0 Å². The van der Waals surface area contributed by atoms with Crippen molar-refractivity contribution in [3.63, 3.8) is 0 Å². The molecule has 0 fully saturated rings. The van der Waals surface area contributed by atoms with Crippen LogP contribution in [0, 0.1) is 0 Å². The molecule has 1 rings (SSSR count). The van der Waals surface area contributed by atoms with Crippen LogP contribution in [0.25, 0.3) is 0 Å². The lowest BCUT2D eigenvalue weighted by atomic mass is 10.5. The van der Waals surface area contributed by atoms with Gasteiger partial charge in [-0.05, 0) is 18.1 Å². The third-order valence-electron chi connectivity index (χ3n) is 1.56. The Kier molecular flexibility index (Phi) is 3.70. The van der Waals surface area contributed by atoms with Crippen LogP contribution in [0.5, 0.6) is 0 Å². The molecular formula is C8H16N4O. The Bertz CT molecular complexity index is 246. The molecule has 13 heavy (non-hydrogen) atoms. The van der Waals surface area contributed by atoms with Crippen molar-refractivity contribution in [1.29, 1.82) is 0 Å². The number of nitrogens with zero attached hydrogens (tertiary/aromatic N) is 3. The number of anilines is 1. The lowest BCUT2D eigenvalue weighted by Crippen LogP contribution is -2.14. The molecule has 0 saturated carbocycles. The molecular weight excluding hydrogens is 168 g/mol. The lowest BCUT2D eigenvalue weighted by molar-refractivity contribution is 0.367. The van der Waals surface area contributed by atoms with E-state index in [1.807, 2.05) is 19.0 Å². The van der Waals surface area contributed by atoms with Crippen LogP contribution in [-0.2, 0) is 6.54 Å². The predicted molar refractivity (Wildman–Crippen MR) is 50.6 cm³/mol. The molecule has 0 aliphatic heterocycles. The third-order valence-corrected chi connectivity index (χ3v) is 1.56. The largest absolute Gasteiger partial charge is 0.344 e. The molecule has 1 N–H and O–H groups in total. The molecule has 0 aromatic carbocycles. The van der Waals surface area contributed by atoms with Crippen molar-refractivity contribution in [2.75, 3.05) is 25.5 Å². The van der Waals surface area contributed by atoms with Gasteiger partial charge in [0.25, 0.3) is 5.95 Å². The van der Waals surface area contributed by atoms with Crippen LogP contribution < -0.4 is 10.2 Å². The molecule has 0 saturated heterocycles. The second-order valence-electron chi connectivity index (χ2n) is 3.06. The predicted octanol–water partition coefficient (Wildman–Crippen LogP) is 0.635. The van der Waals surface area contributed by atoms with Gasteiger partial charge >= 0.3 is 0 Å². The van der Waals surface area contributed by atoms with Crippen LogP contribution in [0.1, 0.15) is 19.2 Å². The third kappa shape index (κ3) is 3.02. The number of rotatable bonds is 5. The minimum absolute atomic E-state index is 0.619. The van der Waals surface area contributed by atoms with Gasteiger partial charge in [-0.2, -0.15) is 4.98 Å². The van der Waals surface area contributed by atoms with E-state index in [9.17, 15) is 0 Å². The molecule has 0 radical (unpaired) electrons. The highest BCUT2D eigenvalue weighted by Crippen LogP contribution is 2.04. The molecule has 0 aliphatic rings. The summed E-state index contributed by atoms with van der Waals surface area (Å²) in [4.78, 5) is 5.98. The zero-order valence-corrected chi connectivity index (χ0v) is 8.37. The van der Waals surface area contributed by atoms with Crippen molar-refractivity contribution in [2.24, 2.45) is 0 Å². The first-order valence-corrected chi connectivity index (χ1v) is 4.44. The zero-order chi connectivity index (χ0) is 9.68. The summed E-state index contributed by atoms with van der Waals surface area (Å²) in [6.07, 6.45) is 1.11. The highest BCUT2D eigenvalue weighted by atomic mass is 16.5. The highest BCUT2D eigenvalue weighted by Gasteiger charge is 2.05. The van der Waals surface area contributed by atoms with Gasteiger partial charge in [-0.15, -0.1) is 0 Å². The molecule has 1 aromatic heterocycles. The Morgan fingerprint density at radius 3 is 2.77 bits per heavy atom. The quantitative estimate of drug-likeness (QED) is 0.680. The van der Waals surface area contributed by atoms with Gasteiger partial charge < -0.3 is 14.7 Å². The van der Waals surface area contributed by atoms with Crippen LogP contribution in [0.2, 0.25) is 0 Å². The van der Waals surface area contributed by atoms with Crippen molar-refractivity contribution in [2.45, 2.75) is 19.9 Å². The second-order valence-corrected chi connectivity index (χ2v) is 3.06. The van der Waals surface area contributed by atoms with Gasteiger partial charge in [0.05, 0.1) is 6.54 Å². The standard InChI is InChI=1S/C8H16N4O/c1-4-5-9-6-7-10-8(11-13-7)12(2)3/h9H,4-6H2,1-3H3. The van der Waals surface area contributed by atoms with Crippen LogP contribution in [-0.4, -0.2) is 30.8 Å². The van der Waals surface area contributed by atoms with E-state index in [0.29, 0.717) is 18.4 Å². The van der Waals surface area contributed by atoms with Gasteiger partial charge in [0.2, 0.25) is 5.89 Å². The SMILES string of the molecule is CCCNCc1nc(N(C)C)no1. The average molecular weight is 184 g/mol. The number of hydrogen-bond donors (Lipinski definition) is 1. The van der Waals surface area contributed by atoms with E-state index in [4.69, 9.17) is 4.52 Å². The highest BCUT2D eigenvalue weighted by molar-refractivity contribution is 5.23. The number of hydrogen-bond acceptors (Lipinski definition) is 5. The lowest BCUT2D eigenvalue weighted by Gasteiger charge is -2.02. The van der Waals surface area contributed by atoms with Crippen molar-refractivity contribution in [3.05, 3.63) is 5.89 Å². The summed E-state index contributed by atoms with van der Waals surface area (Å²) in [5.41, 5.74) is 0. The maximum Gasteiger partial charge on any atom is 0.265 e. The maximum absolute atomic E-state index is 5.01. The molecule has 1 heterocycles.